The lowest BCUT2D eigenvalue weighted by atomic mass is 10.2. The number of hydrogen-bond acceptors (Lipinski definition) is 7. The third kappa shape index (κ3) is 4.29. The molecule has 1 heterocycles. The molecule has 2 aromatic rings. The highest BCUT2D eigenvalue weighted by Crippen LogP contribution is 2.34. The number of amides is 2. The minimum atomic E-state index is -0.394. The molecule has 1 fully saturated rings. The predicted octanol–water partition coefficient (Wildman–Crippen LogP) is 3.52. The van der Waals surface area contributed by atoms with Crippen LogP contribution in [0, 0.1) is 0 Å². The van der Waals surface area contributed by atoms with Crippen LogP contribution in [0.5, 0.6) is 23.0 Å². The van der Waals surface area contributed by atoms with Crippen LogP contribution >= 0.6 is 11.8 Å². The smallest absolute Gasteiger partial charge is 0.293 e. The molecule has 146 valence electrons. The number of thioether (sulfide) groups is 1. The van der Waals surface area contributed by atoms with E-state index in [2.05, 4.69) is 0 Å². The molecule has 0 unspecified atom stereocenters. The van der Waals surface area contributed by atoms with E-state index in [9.17, 15) is 9.59 Å². The summed E-state index contributed by atoms with van der Waals surface area (Å²) >= 11 is 0.861. The minimum Gasteiger partial charge on any atom is -0.493 e. The number of hydrogen-bond donors (Lipinski definition) is 1. The van der Waals surface area contributed by atoms with Gasteiger partial charge in [-0.2, -0.15) is 0 Å². The maximum Gasteiger partial charge on any atom is 0.293 e. The summed E-state index contributed by atoms with van der Waals surface area (Å²) in [4.78, 5) is 25.4. The van der Waals surface area contributed by atoms with Crippen LogP contribution in [0.3, 0.4) is 0 Å². The third-order valence-corrected chi connectivity index (χ3v) is 4.87. The van der Waals surface area contributed by atoms with Crippen LogP contribution in [0.1, 0.15) is 5.56 Å². The van der Waals surface area contributed by atoms with Crippen LogP contribution in [0.4, 0.5) is 4.79 Å². The van der Waals surface area contributed by atoms with E-state index in [1.54, 1.807) is 62.8 Å². The van der Waals surface area contributed by atoms with Crippen molar-refractivity contribution in [3.05, 3.63) is 52.9 Å². The lowest BCUT2D eigenvalue weighted by Crippen LogP contribution is -2.30. The average Bonchev–Trinajstić information content (AvgIpc) is 2.97. The Labute approximate surface area is 166 Å². The van der Waals surface area contributed by atoms with Crippen molar-refractivity contribution < 1.29 is 28.9 Å². The SMILES string of the molecule is COc1ccc(Oc2ccc(/C=C3\SC(=O)N(CCO)C3=O)cc2)cc1OC. The Bertz CT molecular complexity index is 909. The number of benzene rings is 2. The third-order valence-electron chi connectivity index (χ3n) is 3.97. The molecule has 0 spiro atoms. The molecule has 1 N–H and O–H groups in total. The van der Waals surface area contributed by atoms with Gasteiger partial charge in [-0.3, -0.25) is 14.5 Å². The summed E-state index contributed by atoms with van der Waals surface area (Å²) in [6, 6.07) is 12.4. The van der Waals surface area contributed by atoms with Gasteiger partial charge in [0.2, 0.25) is 0 Å². The van der Waals surface area contributed by atoms with Gasteiger partial charge in [0.05, 0.1) is 32.3 Å². The summed E-state index contributed by atoms with van der Waals surface area (Å²) < 4.78 is 16.3. The lowest BCUT2D eigenvalue weighted by molar-refractivity contribution is -0.123. The zero-order chi connectivity index (χ0) is 20.1. The molecule has 0 aliphatic carbocycles. The molecule has 2 aromatic carbocycles. The summed E-state index contributed by atoms with van der Waals surface area (Å²) in [5.74, 6) is 1.98. The fourth-order valence-corrected chi connectivity index (χ4v) is 3.46. The zero-order valence-corrected chi connectivity index (χ0v) is 16.2. The number of carbonyl (C=O) groups excluding carboxylic acids is 2. The Morgan fingerprint density at radius 3 is 2.32 bits per heavy atom. The summed E-state index contributed by atoms with van der Waals surface area (Å²) in [6.45, 7) is -0.256. The Morgan fingerprint density at radius 2 is 1.68 bits per heavy atom. The van der Waals surface area contributed by atoms with E-state index in [0.29, 0.717) is 27.9 Å². The van der Waals surface area contributed by atoms with Crippen molar-refractivity contribution >= 4 is 29.0 Å². The molecule has 0 atom stereocenters. The van der Waals surface area contributed by atoms with Crippen molar-refractivity contribution in [3.8, 4) is 23.0 Å². The topological polar surface area (TPSA) is 85.3 Å². The number of methoxy groups -OCH3 is 2. The second kappa shape index (κ2) is 8.81. The second-order valence-corrected chi connectivity index (χ2v) is 6.74. The van der Waals surface area contributed by atoms with Gasteiger partial charge in [0.15, 0.2) is 11.5 Å². The highest BCUT2D eigenvalue weighted by molar-refractivity contribution is 8.18. The van der Waals surface area contributed by atoms with Crippen LogP contribution < -0.4 is 14.2 Å². The van der Waals surface area contributed by atoms with Crippen LogP contribution in [-0.2, 0) is 4.79 Å². The molecule has 1 aliphatic rings. The molecule has 8 heteroatoms. The van der Waals surface area contributed by atoms with E-state index >= 15 is 0 Å². The lowest BCUT2D eigenvalue weighted by Gasteiger charge is -2.11. The molecule has 28 heavy (non-hydrogen) atoms. The van der Waals surface area contributed by atoms with E-state index in [-0.39, 0.29) is 18.4 Å². The van der Waals surface area contributed by atoms with E-state index in [4.69, 9.17) is 19.3 Å². The highest BCUT2D eigenvalue weighted by atomic mass is 32.2. The van der Waals surface area contributed by atoms with Crippen LogP contribution in [0.25, 0.3) is 6.08 Å². The largest absolute Gasteiger partial charge is 0.493 e. The predicted molar refractivity (Wildman–Crippen MR) is 106 cm³/mol. The molecule has 1 aliphatic heterocycles. The quantitative estimate of drug-likeness (QED) is 0.711. The van der Waals surface area contributed by atoms with Gasteiger partial charge in [-0.1, -0.05) is 12.1 Å². The van der Waals surface area contributed by atoms with Gasteiger partial charge < -0.3 is 19.3 Å². The number of carbonyl (C=O) groups is 2. The first-order valence-electron chi connectivity index (χ1n) is 8.42. The monoisotopic (exact) mass is 401 g/mol. The molecular weight excluding hydrogens is 382 g/mol. The van der Waals surface area contributed by atoms with Gasteiger partial charge in [-0.05, 0) is 47.7 Å². The number of imide groups is 1. The highest BCUT2D eigenvalue weighted by Gasteiger charge is 2.34. The zero-order valence-electron chi connectivity index (χ0n) is 15.4. The van der Waals surface area contributed by atoms with Gasteiger partial charge >= 0.3 is 0 Å². The first kappa shape index (κ1) is 19.8. The van der Waals surface area contributed by atoms with Crippen molar-refractivity contribution in [3.63, 3.8) is 0 Å². The van der Waals surface area contributed by atoms with E-state index < -0.39 is 5.91 Å². The molecular formula is C20H19NO6S. The number of β-amino-alcohol motifs (C(OH)–C–C–N with tert-alkyl or cyclic N) is 1. The Hall–Kier alpha value is -2.97. The average molecular weight is 401 g/mol. The fourth-order valence-electron chi connectivity index (χ4n) is 2.59. The number of rotatable bonds is 7. The van der Waals surface area contributed by atoms with Crippen molar-refractivity contribution in [2.75, 3.05) is 27.4 Å². The standard InChI is InChI=1S/C20H19NO6S/c1-25-16-8-7-15(12-17(16)26-2)27-14-5-3-13(4-6-14)11-18-19(23)21(9-10-22)20(24)28-18/h3-8,11-12,22H,9-10H2,1-2H3/b18-11-. The van der Waals surface area contributed by atoms with E-state index in [1.165, 1.54) is 0 Å². The number of aliphatic hydroxyl groups is 1. The van der Waals surface area contributed by atoms with Crippen molar-refractivity contribution in [2.45, 2.75) is 0 Å². The number of ether oxygens (including phenoxy) is 3. The van der Waals surface area contributed by atoms with Crippen LogP contribution in [-0.4, -0.2) is 48.5 Å². The molecule has 0 aromatic heterocycles. The van der Waals surface area contributed by atoms with Crippen molar-refractivity contribution in [1.82, 2.24) is 4.90 Å². The normalized spacial score (nSPS) is 15.2. The van der Waals surface area contributed by atoms with Gasteiger partial charge in [-0.25, -0.2) is 0 Å². The van der Waals surface area contributed by atoms with Gasteiger partial charge in [0, 0.05) is 6.07 Å². The summed E-state index contributed by atoms with van der Waals surface area (Å²) in [5.41, 5.74) is 0.758. The molecule has 2 amide bonds. The van der Waals surface area contributed by atoms with Gasteiger partial charge in [-0.15, -0.1) is 0 Å². The second-order valence-electron chi connectivity index (χ2n) is 5.74. The van der Waals surface area contributed by atoms with Crippen molar-refractivity contribution in [2.24, 2.45) is 0 Å². The molecule has 0 saturated carbocycles. The summed E-state index contributed by atoms with van der Waals surface area (Å²) in [7, 11) is 3.12. The Kier molecular flexibility index (Phi) is 6.23. The number of aliphatic hydroxyl groups excluding tert-OH is 1. The molecule has 0 radical (unpaired) electrons. The Balaban J connectivity index is 1.72. The number of nitrogens with zero attached hydrogens (tertiary/aromatic N) is 1. The first-order valence-corrected chi connectivity index (χ1v) is 9.23. The maximum absolute atomic E-state index is 12.2. The molecule has 3 rings (SSSR count). The summed E-state index contributed by atoms with van der Waals surface area (Å²) in [5, 5.41) is 8.57. The van der Waals surface area contributed by atoms with Crippen LogP contribution in [0.15, 0.2) is 47.4 Å². The van der Waals surface area contributed by atoms with Crippen molar-refractivity contribution in [1.29, 1.82) is 0 Å². The fraction of sp³-hybridized carbons (Fsp3) is 0.200. The van der Waals surface area contributed by atoms with Gasteiger partial charge in [0.1, 0.15) is 11.5 Å². The van der Waals surface area contributed by atoms with E-state index in [1.807, 2.05) is 0 Å². The van der Waals surface area contributed by atoms with E-state index in [0.717, 1.165) is 22.2 Å². The van der Waals surface area contributed by atoms with Crippen LogP contribution in [0.2, 0.25) is 0 Å². The molecule has 0 bridgehead atoms. The molecule has 7 nitrogen and oxygen atoms in total. The molecule has 1 saturated heterocycles. The minimum absolute atomic E-state index is 0.000107. The Morgan fingerprint density at radius 1 is 1.00 bits per heavy atom. The maximum atomic E-state index is 12.2. The summed E-state index contributed by atoms with van der Waals surface area (Å²) in [6.07, 6.45) is 1.64. The van der Waals surface area contributed by atoms with Gasteiger partial charge in [0.25, 0.3) is 11.1 Å². The first-order chi connectivity index (χ1) is 13.5.